The number of aromatic amines is 1. The van der Waals surface area contributed by atoms with E-state index in [0.717, 1.165) is 22.5 Å². The van der Waals surface area contributed by atoms with Gasteiger partial charge >= 0.3 is 5.69 Å². The number of aromatic nitrogens is 2. The SMILES string of the molecule is O=c1[nH]c2ccccc2n1C1=CCSC=C1. The highest BCUT2D eigenvalue weighted by atomic mass is 32.2. The summed E-state index contributed by atoms with van der Waals surface area (Å²) in [4.78, 5) is 14.7. The normalized spacial score (nSPS) is 15.4. The van der Waals surface area contributed by atoms with Crippen LogP contribution in [0.25, 0.3) is 16.7 Å². The molecule has 0 unspecified atom stereocenters. The van der Waals surface area contributed by atoms with E-state index in [1.54, 1.807) is 16.3 Å². The Morgan fingerprint density at radius 2 is 2.19 bits per heavy atom. The lowest BCUT2D eigenvalue weighted by molar-refractivity contribution is 1.05. The van der Waals surface area contributed by atoms with E-state index >= 15 is 0 Å². The Bertz CT molecular complexity index is 648. The lowest BCUT2D eigenvalue weighted by atomic mass is 10.3. The molecule has 0 atom stereocenters. The molecule has 1 aromatic heterocycles. The van der Waals surface area contributed by atoms with Crippen LogP contribution in [0.5, 0.6) is 0 Å². The number of nitrogens with zero attached hydrogens (tertiary/aromatic N) is 1. The molecule has 80 valence electrons. The highest BCUT2D eigenvalue weighted by Gasteiger charge is 2.09. The molecule has 0 amide bonds. The summed E-state index contributed by atoms with van der Waals surface area (Å²) in [6, 6.07) is 7.72. The van der Waals surface area contributed by atoms with E-state index < -0.39 is 0 Å². The Balaban J connectivity index is 2.30. The zero-order chi connectivity index (χ0) is 11.0. The highest BCUT2D eigenvalue weighted by molar-refractivity contribution is 8.02. The molecule has 3 nitrogen and oxygen atoms in total. The first-order valence-corrected chi connectivity index (χ1v) is 6.09. The van der Waals surface area contributed by atoms with Gasteiger partial charge in [0.25, 0.3) is 0 Å². The summed E-state index contributed by atoms with van der Waals surface area (Å²) >= 11 is 1.72. The van der Waals surface area contributed by atoms with Crippen molar-refractivity contribution in [1.82, 2.24) is 9.55 Å². The van der Waals surface area contributed by atoms with Crippen molar-refractivity contribution in [3.05, 3.63) is 52.3 Å². The summed E-state index contributed by atoms with van der Waals surface area (Å²) in [6.07, 6.45) is 4.03. The number of imidazole rings is 1. The Morgan fingerprint density at radius 3 is 3.00 bits per heavy atom. The third-order valence-electron chi connectivity index (χ3n) is 2.57. The number of allylic oxidation sites excluding steroid dienone is 2. The zero-order valence-corrected chi connectivity index (χ0v) is 9.33. The van der Waals surface area contributed by atoms with Crippen LogP contribution in [0, 0.1) is 0 Å². The van der Waals surface area contributed by atoms with Crippen LogP contribution >= 0.6 is 11.8 Å². The Labute approximate surface area is 96.5 Å². The maximum absolute atomic E-state index is 11.9. The van der Waals surface area contributed by atoms with E-state index in [9.17, 15) is 4.79 Å². The third-order valence-corrected chi connectivity index (χ3v) is 3.26. The van der Waals surface area contributed by atoms with Crippen molar-refractivity contribution in [2.75, 3.05) is 5.75 Å². The Morgan fingerprint density at radius 1 is 1.31 bits per heavy atom. The molecule has 0 saturated carbocycles. The maximum atomic E-state index is 11.9. The number of H-pyrrole nitrogens is 1. The molecule has 1 aromatic carbocycles. The van der Waals surface area contributed by atoms with E-state index in [-0.39, 0.29) is 5.69 Å². The first-order chi connectivity index (χ1) is 7.86. The molecule has 0 aliphatic carbocycles. The number of rotatable bonds is 1. The van der Waals surface area contributed by atoms with Crippen molar-refractivity contribution in [2.45, 2.75) is 0 Å². The fourth-order valence-corrected chi connectivity index (χ4v) is 2.47. The standard InChI is InChI=1S/C12H10N2OS/c15-12-13-10-3-1-2-4-11(10)14(12)9-5-7-16-8-6-9/h1-7H,8H2,(H,13,15). The van der Waals surface area contributed by atoms with Gasteiger partial charge in [-0.15, -0.1) is 11.8 Å². The molecule has 1 aliphatic heterocycles. The van der Waals surface area contributed by atoms with Gasteiger partial charge < -0.3 is 4.98 Å². The molecule has 16 heavy (non-hydrogen) atoms. The molecule has 3 rings (SSSR count). The van der Waals surface area contributed by atoms with E-state index in [2.05, 4.69) is 11.1 Å². The second-order valence-electron chi connectivity index (χ2n) is 3.55. The molecule has 0 bridgehead atoms. The second kappa shape index (κ2) is 3.72. The van der Waals surface area contributed by atoms with Crippen LogP contribution in [0.15, 0.2) is 46.6 Å². The number of thioether (sulfide) groups is 1. The number of hydrogen-bond donors (Lipinski definition) is 1. The molecule has 1 aliphatic rings. The average molecular weight is 230 g/mol. The smallest absolute Gasteiger partial charge is 0.305 e. The average Bonchev–Trinajstić information content (AvgIpc) is 2.66. The fourth-order valence-electron chi connectivity index (χ4n) is 1.85. The molecular formula is C12H10N2OS. The van der Waals surface area contributed by atoms with E-state index in [1.165, 1.54) is 0 Å². The number of para-hydroxylation sites is 2. The molecule has 4 heteroatoms. The van der Waals surface area contributed by atoms with Gasteiger partial charge in [0.05, 0.1) is 11.0 Å². The van der Waals surface area contributed by atoms with Gasteiger partial charge in [-0.3, -0.25) is 4.57 Å². The van der Waals surface area contributed by atoms with E-state index in [4.69, 9.17) is 0 Å². The van der Waals surface area contributed by atoms with Gasteiger partial charge in [0, 0.05) is 11.4 Å². The highest BCUT2D eigenvalue weighted by Crippen LogP contribution is 2.20. The quantitative estimate of drug-likeness (QED) is 0.817. The molecule has 0 saturated heterocycles. The molecule has 2 heterocycles. The molecular weight excluding hydrogens is 220 g/mol. The van der Waals surface area contributed by atoms with Crippen molar-refractivity contribution in [1.29, 1.82) is 0 Å². The minimum atomic E-state index is -0.0796. The van der Waals surface area contributed by atoms with Crippen molar-refractivity contribution in [3.8, 4) is 0 Å². The number of hydrogen-bond acceptors (Lipinski definition) is 2. The van der Waals surface area contributed by atoms with Gasteiger partial charge in [-0.05, 0) is 29.7 Å². The van der Waals surface area contributed by atoms with Crippen molar-refractivity contribution >= 4 is 28.5 Å². The summed E-state index contributed by atoms with van der Waals surface area (Å²) in [6.45, 7) is 0. The van der Waals surface area contributed by atoms with E-state index in [0.29, 0.717) is 0 Å². The fraction of sp³-hybridized carbons (Fsp3) is 0.0833. The summed E-state index contributed by atoms with van der Waals surface area (Å²) in [5, 5.41) is 2.02. The minimum absolute atomic E-state index is 0.0796. The Hall–Kier alpha value is -1.68. The lowest BCUT2D eigenvalue weighted by Crippen LogP contribution is -2.15. The van der Waals surface area contributed by atoms with Crippen molar-refractivity contribution in [3.63, 3.8) is 0 Å². The second-order valence-corrected chi connectivity index (χ2v) is 4.49. The predicted molar refractivity (Wildman–Crippen MR) is 68.4 cm³/mol. The lowest BCUT2D eigenvalue weighted by Gasteiger charge is -2.07. The molecule has 0 fully saturated rings. The van der Waals surface area contributed by atoms with Gasteiger partial charge in [-0.1, -0.05) is 12.1 Å². The van der Waals surface area contributed by atoms with Crippen LogP contribution in [0.4, 0.5) is 0 Å². The first-order valence-electron chi connectivity index (χ1n) is 5.05. The monoisotopic (exact) mass is 230 g/mol. The van der Waals surface area contributed by atoms with Gasteiger partial charge in [-0.2, -0.15) is 0 Å². The number of nitrogens with one attached hydrogen (secondary N) is 1. The maximum Gasteiger partial charge on any atom is 0.331 e. The van der Waals surface area contributed by atoms with Gasteiger partial charge in [0.2, 0.25) is 0 Å². The topological polar surface area (TPSA) is 37.8 Å². The van der Waals surface area contributed by atoms with Crippen LogP contribution in [0.3, 0.4) is 0 Å². The minimum Gasteiger partial charge on any atom is -0.305 e. The molecule has 0 spiro atoms. The summed E-state index contributed by atoms with van der Waals surface area (Å²) in [5.74, 6) is 0.914. The summed E-state index contributed by atoms with van der Waals surface area (Å²) in [7, 11) is 0. The van der Waals surface area contributed by atoms with Crippen molar-refractivity contribution in [2.24, 2.45) is 0 Å². The van der Waals surface area contributed by atoms with Crippen molar-refractivity contribution < 1.29 is 0 Å². The van der Waals surface area contributed by atoms with Crippen LogP contribution in [-0.2, 0) is 0 Å². The Kier molecular flexibility index (Phi) is 2.22. The van der Waals surface area contributed by atoms with Crippen LogP contribution in [0.1, 0.15) is 0 Å². The van der Waals surface area contributed by atoms with Crippen LogP contribution < -0.4 is 5.69 Å². The largest absolute Gasteiger partial charge is 0.331 e. The van der Waals surface area contributed by atoms with Crippen LogP contribution in [0.2, 0.25) is 0 Å². The molecule has 2 aromatic rings. The first kappa shape index (κ1) is 9.54. The van der Waals surface area contributed by atoms with Gasteiger partial charge in [0.15, 0.2) is 0 Å². The number of fused-ring (bicyclic) bond motifs is 1. The molecule has 1 N–H and O–H groups in total. The molecule has 0 radical (unpaired) electrons. The van der Waals surface area contributed by atoms with Gasteiger partial charge in [-0.25, -0.2) is 4.79 Å². The van der Waals surface area contributed by atoms with Gasteiger partial charge in [0.1, 0.15) is 0 Å². The summed E-state index contributed by atoms with van der Waals surface area (Å²) in [5.41, 5.74) is 2.67. The van der Waals surface area contributed by atoms with Crippen LogP contribution in [-0.4, -0.2) is 15.3 Å². The number of benzene rings is 1. The zero-order valence-electron chi connectivity index (χ0n) is 8.51. The third kappa shape index (κ3) is 1.42. The summed E-state index contributed by atoms with van der Waals surface area (Å²) < 4.78 is 1.71. The van der Waals surface area contributed by atoms with E-state index in [1.807, 2.05) is 35.7 Å². The predicted octanol–water partition coefficient (Wildman–Crippen LogP) is 2.43.